The van der Waals surface area contributed by atoms with Gasteiger partial charge in [-0.15, -0.1) is 0 Å². The third kappa shape index (κ3) is 3.30. The van der Waals surface area contributed by atoms with Gasteiger partial charge in [0.2, 0.25) is 0 Å². The Balaban J connectivity index is 2.04. The minimum atomic E-state index is 0.306. The number of ether oxygens (including phenoxy) is 2. The number of nitrogens with one attached hydrogen (secondary N) is 1. The van der Waals surface area contributed by atoms with Crippen LogP contribution in [0.2, 0.25) is 5.02 Å². The van der Waals surface area contributed by atoms with E-state index in [0.29, 0.717) is 29.0 Å². The summed E-state index contributed by atoms with van der Waals surface area (Å²) in [5.74, 6) is 0.704. The summed E-state index contributed by atoms with van der Waals surface area (Å²) >= 11 is 6.01. The molecule has 2 unspecified atom stereocenters. The highest BCUT2D eigenvalue weighted by atomic mass is 35.5. The second-order valence-electron chi connectivity index (χ2n) is 4.92. The molecule has 1 saturated heterocycles. The van der Waals surface area contributed by atoms with Gasteiger partial charge in [-0.1, -0.05) is 11.6 Å². The summed E-state index contributed by atoms with van der Waals surface area (Å²) in [5, 5.41) is 4.16. The molecule has 1 fully saturated rings. The zero-order chi connectivity index (χ0) is 13.1. The molecule has 0 saturated carbocycles. The molecule has 1 aromatic carbocycles. The Morgan fingerprint density at radius 2 is 1.94 bits per heavy atom. The molecular formula is C14H20ClNO2. The number of benzene rings is 1. The zero-order valence-corrected chi connectivity index (χ0v) is 11.8. The van der Waals surface area contributed by atoms with E-state index in [4.69, 9.17) is 21.1 Å². The van der Waals surface area contributed by atoms with Crippen LogP contribution >= 0.6 is 11.6 Å². The van der Waals surface area contributed by atoms with Gasteiger partial charge in [-0.25, -0.2) is 0 Å². The minimum absolute atomic E-state index is 0.306. The van der Waals surface area contributed by atoms with Crippen molar-refractivity contribution in [1.82, 2.24) is 0 Å². The average molecular weight is 270 g/mol. The van der Waals surface area contributed by atoms with E-state index in [0.717, 1.165) is 18.5 Å². The monoisotopic (exact) mass is 269 g/mol. The van der Waals surface area contributed by atoms with Crippen LogP contribution in [-0.4, -0.2) is 25.4 Å². The largest absolute Gasteiger partial charge is 0.495 e. The lowest BCUT2D eigenvalue weighted by Gasteiger charge is -2.33. The first kappa shape index (κ1) is 13.5. The second-order valence-corrected chi connectivity index (χ2v) is 5.33. The van der Waals surface area contributed by atoms with Gasteiger partial charge in [-0.2, -0.15) is 0 Å². The fourth-order valence-electron chi connectivity index (χ4n) is 2.51. The van der Waals surface area contributed by atoms with Crippen molar-refractivity contribution in [2.75, 3.05) is 12.4 Å². The molecule has 2 rings (SSSR count). The molecule has 1 aliphatic heterocycles. The van der Waals surface area contributed by atoms with E-state index in [1.54, 1.807) is 7.11 Å². The van der Waals surface area contributed by atoms with Crippen molar-refractivity contribution in [3.8, 4) is 5.75 Å². The smallest absolute Gasteiger partial charge is 0.139 e. The molecule has 0 amide bonds. The fourth-order valence-corrected chi connectivity index (χ4v) is 2.70. The zero-order valence-electron chi connectivity index (χ0n) is 11.1. The van der Waals surface area contributed by atoms with E-state index in [9.17, 15) is 0 Å². The molecule has 0 bridgehead atoms. The van der Waals surface area contributed by atoms with E-state index in [1.807, 2.05) is 18.2 Å². The summed E-state index contributed by atoms with van der Waals surface area (Å²) in [5.41, 5.74) is 1.04. The molecule has 100 valence electrons. The number of halogens is 1. The third-order valence-corrected chi connectivity index (χ3v) is 3.53. The normalized spacial score (nSPS) is 27.9. The fraction of sp³-hybridized carbons (Fsp3) is 0.571. The van der Waals surface area contributed by atoms with Crippen LogP contribution in [0.3, 0.4) is 0 Å². The predicted molar refractivity (Wildman–Crippen MR) is 74.7 cm³/mol. The molecule has 2 atom stereocenters. The summed E-state index contributed by atoms with van der Waals surface area (Å²) < 4.78 is 11.0. The summed E-state index contributed by atoms with van der Waals surface area (Å²) in [4.78, 5) is 0. The Morgan fingerprint density at radius 1 is 1.28 bits per heavy atom. The van der Waals surface area contributed by atoms with E-state index in [2.05, 4.69) is 19.2 Å². The average Bonchev–Trinajstić information content (AvgIpc) is 2.30. The lowest BCUT2D eigenvalue weighted by atomic mass is 9.99. The lowest BCUT2D eigenvalue weighted by molar-refractivity contribution is -0.0337. The van der Waals surface area contributed by atoms with Gasteiger partial charge in [0.05, 0.1) is 24.3 Å². The predicted octanol–water partition coefficient (Wildman–Crippen LogP) is 3.72. The van der Waals surface area contributed by atoms with Gasteiger partial charge in [-0.3, -0.25) is 0 Å². The highest BCUT2D eigenvalue weighted by Gasteiger charge is 2.24. The minimum Gasteiger partial charge on any atom is -0.495 e. The van der Waals surface area contributed by atoms with Crippen LogP contribution in [0.1, 0.15) is 26.7 Å². The highest BCUT2D eigenvalue weighted by molar-refractivity contribution is 6.32. The number of methoxy groups -OCH3 is 1. The maximum Gasteiger partial charge on any atom is 0.139 e. The molecule has 0 spiro atoms. The van der Waals surface area contributed by atoms with Crippen LogP contribution in [0.4, 0.5) is 5.69 Å². The molecular weight excluding hydrogens is 250 g/mol. The van der Waals surface area contributed by atoms with Crippen molar-refractivity contribution in [1.29, 1.82) is 0 Å². The van der Waals surface area contributed by atoms with Crippen molar-refractivity contribution in [3.05, 3.63) is 23.2 Å². The molecule has 0 aromatic heterocycles. The lowest BCUT2D eigenvalue weighted by Crippen LogP contribution is -2.36. The first-order chi connectivity index (χ1) is 8.58. The highest BCUT2D eigenvalue weighted by Crippen LogP contribution is 2.29. The van der Waals surface area contributed by atoms with Crippen molar-refractivity contribution < 1.29 is 9.47 Å². The summed E-state index contributed by atoms with van der Waals surface area (Å²) in [6.45, 7) is 4.24. The Labute approximate surface area is 113 Å². The van der Waals surface area contributed by atoms with Crippen molar-refractivity contribution >= 4 is 17.3 Å². The van der Waals surface area contributed by atoms with Gasteiger partial charge in [0.1, 0.15) is 5.75 Å². The SMILES string of the molecule is COc1cc(NC2CC(C)OC(C)C2)ccc1Cl. The summed E-state index contributed by atoms with van der Waals surface area (Å²) in [7, 11) is 1.63. The standard InChI is InChI=1S/C14H20ClNO2/c1-9-6-12(7-10(2)18-9)16-11-4-5-13(15)14(8-11)17-3/h4-5,8-10,12,16H,6-7H2,1-3H3. The van der Waals surface area contributed by atoms with Crippen LogP contribution in [0.25, 0.3) is 0 Å². The van der Waals surface area contributed by atoms with Gasteiger partial charge < -0.3 is 14.8 Å². The molecule has 1 aromatic rings. The number of anilines is 1. The van der Waals surface area contributed by atoms with Gasteiger partial charge in [-0.05, 0) is 38.8 Å². The molecule has 1 N–H and O–H groups in total. The summed E-state index contributed by atoms with van der Waals surface area (Å²) in [6.07, 6.45) is 2.66. The molecule has 0 radical (unpaired) electrons. The molecule has 1 heterocycles. The number of rotatable bonds is 3. The topological polar surface area (TPSA) is 30.5 Å². The molecule has 3 nitrogen and oxygen atoms in total. The van der Waals surface area contributed by atoms with Gasteiger partial charge in [0, 0.05) is 17.8 Å². The van der Waals surface area contributed by atoms with Crippen molar-refractivity contribution in [3.63, 3.8) is 0 Å². The molecule has 1 aliphatic rings. The van der Waals surface area contributed by atoms with E-state index >= 15 is 0 Å². The van der Waals surface area contributed by atoms with Crippen LogP contribution in [-0.2, 0) is 4.74 Å². The van der Waals surface area contributed by atoms with Crippen LogP contribution in [0, 0.1) is 0 Å². The Kier molecular flexibility index (Phi) is 4.36. The Morgan fingerprint density at radius 3 is 2.56 bits per heavy atom. The van der Waals surface area contributed by atoms with Gasteiger partial charge in [0.25, 0.3) is 0 Å². The molecule has 18 heavy (non-hydrogen) atoms. The Hall–Kier alpha value is -0.930. The first-order valence-corrected chi connectivity index (χ1v) is 6.72. The van der Waals surface area contributed by atoms with Crippen molar-refractivity contribution in [2.45, 2.75) is 44.9 Å². The number of hydrogen-bond acceptors (Lipinski definition) is 3. The maximum atomic E-state index is 6.01. The van der Waals surface area contributed by atoms with E-state index < -0.39 is 0 Å². The third-order valence-electron chi connectivity index (χ3n) is 3.22. The Bertz CT molecular complexity index is 401. The van der Waals surface area contributed by atoms with Crippen LogP contribution in [0.5, 0.6) is 5.75 Å². The van der Waals surface area contributed by atoms with E-state index in [1.165, 1.54) is 0 Å². The van der Waals surface area contributed by atoms with E-state index in [-0.39, 0.29) is 0 Å². The maximum absolute atomic E-state index is 6.01. The quantitative estimate of drug-likeness (QED) is 0.907. The van der Waals surface area contributed by atoms with Gasteiger partial charge in [0.15, 0.2) is 0 Å². The summed E-state index contributed by atoms with van der Waals surface area (Å²) in [6, 6.07) is 6.21. The second kappa shape index (κ2) is 5.81. The van der Waals surface area contributed by atoms with Crippen LogP contribution in [0.15, 0.2) is 18.2 Å². The van der Waals surface area contributed by atoms with Crippen molar-refractivity contribution in [2.24, 2.45) is 0 Å². The molecule has 4 heteroatoms. The van der Waals surface area contributed by atoms with Gasteiger partial charge >= 0.3 is 0 Å². The van der Waals surface area contributed by atoms with Crippen LogP contribution < -0.4 is 10.1 Å². The molecule has 0 aliphatic carbocycles. The number of hydrogen-bond donors (Lipinski definition) is 1. The first-order valence-electron chi connectivity index (χ1n) is 6.34.